The molecular formula is C13H14Cl2O. The summed E-state index contributed by atoms with van der Waals surface area (Å²) in [5, 5.41) is 0.824. The predicted molar refractivity (Wildman–Crippen MR) is 66.7 cm³/mol. The van der Waals surface area contributed by atoms with E-state index in [1.807, 2.05) is 12.1 Å². The smallest absolute Gasteiger partial charge is 0.125 e. The third kappa shape index (κ3) is 1.80. The molecule has 0 unspecified atom stereocenters. The van der Waals surface area contributed by atoms with E-state index < -0.39 is 0 Å². The summed E-state index contributed by atoms with van der Waals surface area (Å²) in [4.78, 5) is 0. The Morgan fingerprint density at radius 1 is 1.31 bits per heavy atom. The van der Waals surface area contributed by atoms with Crippen molar-refractivity contribution in [2.24, 2.45) is 5.41 Å². The molecule has 86 valence electrons. The summed E-state index contributed by atoms with van der Waals surface area (Å²) < 4.78 is 5.70. The second-order valence-electron chi connectivity index (χ2n) is 4.96. The van der Waals surface area contributed by atoms with E-state index in [0.29, 0.717) is 5.41 Å². The molecule has 0 saturated heterocycles. The minimum absolute atomic E-state index is 0.325. The molecule has 1 saturated carbocycles. The van der Waals surface area contributed by atoms with Crippen molar-refractivity contribution in [3.63, 3.8) is 0 Å². The normalized spacial score (nSPS) is 20.4. The van der Waals surface area contributed by atoms with Gasteiger partial charge >= 0.3 is 0 Å². The first-order valence-corrected chi connectivity index (χ1v) is 6.64. The Labute approximate surface area is 106 Å². The van der Waals surface area contributed by atoms with E-state index >= 15 is 0 Å². The van der Waals surface area contributed by atoms with Crippen LogP contribution in [0.2, 0.25) is 5.02 Å². The van der Waals surface area contributed by atoms with Crippen LogP contribution in [0.1, 0.15) is 24.0 Å². The Balaban J connectivity index is 1.94. The molecule has 1 fully saturated rings. The van der Waals surface area contributed by atoms with Crippen molar-refractivity contribution in [2.45, 2.75) is 25.7 Å². The number of benzene rings is 1. The topological polar surface area (TPSA) is 9.23 Å². The lowest BCUT2D eigenvalue weighted by Crippen LogP contribution is -2.07. The maximum atomic E-state index is 6.13. The molecule has 0 aromatic heterocycles. The van der Waals surface area contributed by atoms with E-state index in [2.05, 4.69) is 0 Å². The number of halogens is 2. The molecule has 1 aromatic rings. The zero-order valence-electron chi connectivity index (χ0n) is 9.06. The Morgan fingerprint density at radius 2 is 2.12 bits per heavy atom. The van der Waals surface area contributed by atoms with Crippen molar-refractivity contribution in [2.75, 3.05) is 12.5 Å². The summed E-state index contributed by atoms with van der Waals surface area (Å²) in [7, 11) is 0. The third-order valence-corrected chi connectivity index (χ3v) is 4.42. The van der Waals surface area contributed by atoms with Crippen molar-refractivity contribution in [1.82, 2.24) is 0 Å². The number of rotatable bonds is 3. The molecule has 0 amide bonds. The first kappa shape index (κ1) is 10.7. The fraction of sp³-hybridized carbons (Fsp3) is 0.538. The Hall–Kier alpha value is -0.400. The molecule has 1 nitrogen and oxygen atoms in total. The molecule has 1 aliphatic carbocycles. The molecule has 16 heavy (non-hydrogen) atoms. The quantitative estimate of drug-likeness (QED) is 0.747. The second kappa shape index (κ2) is 3.82. The molecule has 0 atom stereocenters. The fourth-order valence-electron chi connectivity index (χ4n) is 2.42. The van der Waals surface area contributed by atoms with Crippen LogP contribution in [0.15, 0.2) is 12.1 Å². The molecule has 3 rings (SSSR count). The average Bonchev–Trinajstić information content (AvgIpc) is 2.87. The Morgan fingerprint density at radius 3 is 2.81 bits per heavy atom. The van der Waals surface area contributed by atoms with Gasteiger partial charge in [-0.2, -0.15) is 0 Å². The molecule has 0 spiro atoms. The standard InChI is InChI=1S/C13H14Cl2O/c14-8-13(2-3-13)7-10-6-11(15)5-9-1-4-16-12(9)10/h5-6H,1-4,7-8H2. The van der Waals surface area contributed by atoms with E-state index in [1.165, 1.54) is 24.0 Å². The van der Waals surface area contributed by atoms with Gasteiger partial charge in [0.1, 0.15) is 5.75 Å². The predicted octanol–water partition coefficient (Wildman–Crippen LogP) is 3.84. The van der Waals surface area contributed by atoms with Crippen LogP contribution in [-0.2, 0) is 12.8 Å². The molecule has 1 aliphatic heterocycles. The van der Waals surface area contributed by atoms with Gasteiger partial charge in [0.05, 0.1) is 6.61 Å². The Kier molecular flexibility index (Phi) is 2.56. The van der Waals surface area contributed by atoms with E-state index in [-0.39, 0.29) is 0 Å². The monoisotopic (exact) mass is 256 g/mol. The van der Waals surface area contributed by atoms with Crippen molar-refractivity contribution in [3.8, 4) is 5.75 Å². The van der Waals surface area contributed by atoms with Crippen molar-refractivity contribution < 1.29 is 4.74 Å². The second-order valence-corrected chi connectivity index (χ2v) is 5.67. The maximum Gasteiger partial charge on any atom is 0.125 e. The summed E-state index contributed by atoms with van der Waals surface area (Å²) in [6, 6.07) is 4.06. The van der Waals surface area contributed by atoms with Gasteiger partial charge in [0.25, 0.3) is 0 Å². The molecule has 0 radical (unpaired) electrons. The number of alkyl halides is 1. The van der Waals surface area contributed by atoms with Crippen LogP contribution in [0.3, 0.4) is 0 Å². The third-order valence-electron chi connectivity index (χ3n) is 3.63. The summed E-state index contributed by atoms with van der Waals surface area (Å²) in [5.41, 5.74) is 2.83. The van der Waals surface area contributed by atoms with Gasteiger partial charge in [0.15, 0.2) is 0 Å². The van der Waals surface area contributed by atoms with Crippen molar-refractivity contribution >= 4 is 23.2 Å². The molecular weight excluding hydrogens is 243 g/mol. The van der Waals surface area contributed by atoms with Crippen LogP contribution in [-0.4, -0.2) is 12.5 Å². The lowest BCUT2D eigenvalue weighted by atomic mass is 9.96. The molecule has 0 N–H and O–H groups in total. The van der Waals surface area contributed by atoms with Crippen LogP contribution in [0, 0.1) is 5.41 Å². The van der Waals surface area contributed by atoms with Crippen LogP contribution >= 0.6 is 23.2 Å². The zero-order chi connectivity index (χ0) is 11.2. The maximum absolute atomic E-state index is 6.13. The molecule has 2 aliphatic rings. The summed E-state index contributed by atoms with van der Waals surface area (Å²) >= 11 is 12.2. The van der Waals surface area contributed by atoms with Crippen LogP contribution in [0.25, 0.3) is 0 Å². The minimum Gasteiger partial charge on any atom is -0.493 e. The Bertz CT molecular complexity index is 424. The van der Waals surface area contributed by atoms with E-state index in [9.17, 15) is 0 Å². The summed E-state index contributed by atoms with van der Waals surface area (Å²) in [5.74, 6) is 1.81. The van der Waals surface area contributed by atoms with E-state index in [4.69, 9.17) is 27.9 Å². The highest BCUT2D eigenvalue weighted by Gasteiger charge is 2.42. The first-order valence-electron chi connectivity index (χ1n) is 5.73. The van der Waals surface area contributed by atoms with Gasteiger partial charge in [-0.25, -0.2) is 0 Å². The van der Waals surface area contributed by atoms with Gasteiger partial charge in [-0.15, -0.1) is 11.6 Å². The van der Waals surface area contributed by atoms with Gasteiger partial charge in [-0.05, 0) is 47.9 Å². The summed E-state index contributed by atoms with van der Waals surface area (Å²) in [6.45, 7) is 0.788. The molecule has 0 bridgehead atoms. The van der Waals surface area contributed by atoms with Gasteiger partial charge in [0, 0.05) is 17.3 Å². The number of hydrogen-bond donors (Lipinski definition) is 0. The number of ether oxygens (including phenoxy) is 1. The van der Waals surface area contributed by atoms with Gasteiger partial charge < -0.3 is 4.74 Å². The van der Waals surface area contributed by atoms with Gasteiger partial charge in [-0.3, -0.25) is 0 Å². The highest BCUT2D eigenvalue weighted by atomic mass is 35.5. The van der Waals surface area contributed by atoms with E-state index in [0.717, 1.165) is 36.1 Å². The van der Waals surface area contributed by atoms with Crippen LogP contribution in [0.4, 0.5) is 0 Å². The van der Waals surface area contributed by atoms with Gasteiger partial charge in [-0.1, -0.05) is 11.6 Å². The van der Waals surface area contributed by atoms with Gasteiger partial charge in [0.2, 0.25) is 0 Å². The molecule has 3 heteroatoms. The average molecular weight is 257 g/mol. The van der Waals surface area contributed by atoms with Crippen molar-refractivity contribution in [1.29, 1.82) is 0 Å². The number of hydrogen-bond acceptors (Lipinski definition) is 1. The lowest BCUT2D eigenvalue weighted by Gasteiger charge is -2.14. The SMILES string of the molecule is ClCC1(Cc2cc(Cl)cc3c2OCC3)CC1. The van der Waals surface area contributed by atoms with Crippen LogP contribution in [0.5, 0.6) is 5.75 Å². The van der Waals surface area contributed by atoms with Crippen molar-refractivity contribution in [3.05, 3.63) is 28.3 Å². The van der Waals surface area contributed by atoms with E-state index in [1.54, 1.807) is 0 Å². The zero-order valence-corrected chi connectivity index (χ0v) is 10.6. The molecule has 1 aromatic carbocycles. The van der Waals surface area contributed by atoms with Crippen LogP contribution < -0.4 is 4.74 Å². The number of fused-ring (bicyclic) bond motifs is 1. The molecule has 1 heterocycles. The summed E-state index contributed by atoms with van der Waals surface area (Å²) in [6.07, 6.45) is 4.46. The largest absolute Gasteiger partial charge is 0.493 e. The fourth-order valence-corrected chi connectivity index (χ4v) is 3.04. The highest BCUT2D eigenvalue weighted by molar-refractivity contribution is 6.30. The highest BCUT2D eigenvalue weighted by Crippen LogP contribution is 2.51. The lowest BCUT2D eigenvalue weighted by molar-refractivity contribution is 0.351. The first-order chi connectivity index (χ1) is 7.72. The minimum atomic E-state index is 0.325.